The first-order chi connectivity index (χ1) is 18.3. The standard InChI is InChI=1S/C30H34N4O4/c1-20(2)31-15-16-38-29-12-8-6-10-22(29)19-33(4)30(37)24-17-23(27(35)18-28(24)36)26-13-14-32-34(26)25-11-7-5-9-21(25)3/h5-14,17-18,20,31,35-36H,15-16,19H2,1-4H3. The molecule has 0 atom stereocenters. The fraction of sp³-hybridized carbons (Fsp3) is 0.267. The van der Waals surface area contributed by atoms with Crippen molar-refractivity contribution >= 4 is 5.91 Å². The predicted octanol–water partition coefficient (Wildman–Crippen LogP) is 4.91. The van der Waals surface area contributed by atoms with Crippen molar-refractivity contribution in [2.45, 2.75) is 33.4 Å². The number of carbonyl (C=O) groups excluding carboxylic acids is 1. The number of nitrogens with one attached hydrogen (secondary N) is 1. The zero-order valence-electron chi connectivity index (χ0n) is 22.2. The first-order valence-corrected chi connectivity index (χ1v) is 12.6. The number of rotatable bonds is 10. The summed E-state index contributed by atoms with van der Waals surface area (Å²) in [5.74, 6) is -0.127. The molecule has 0 spiro atoms. The van der Waals surface area contributed by atoms with Gasteiger partial charge in [0, 0.05) is 43.4 Å². The molecule has 38 heavy (non-hydrogen) atoms. The van der Waals surface area contributed by atoms with Crippen molar-refractivity contribution in [2.24, 2.45) is 0 Å². The molecular weight excluding hydrogens is 480 g/mol. The molecule has 0 saturated heterocycles. The molecule has 1 amide bonds. The Kier molecular flexibility index (Phi) is 8.33. The molecule has 1 aromatic heterocycles. The Morgan fingerprint density at radius 3 is 2.55 bits per heavy atom. The molecule has 198 valence electrons. The number of ether oxygens (including phenoxy) is 1. The number of amides is 1. The van der Waals surface area contributed by atoms with E-state index in [1.54, 1.807) is 24.0 Å². The molecule has 0 unspecified atom stereocenters. The second kappa shape index (κ2) is 11.8. The third-order valence-electron chi connectivity index (χ3n) is 6.25. The van der Waals surface area contributed by atoms with Crippen LogP contribution in [0.15, 0.2) is 72.9 Å². The van der Waals surface area contributed by atoms with Gasteiger partial charge in [-0.25, -0.2) is 4.68 Å². The van der Waals surface area contributed by atoms with Crippen LogP contribution in [0.4, 0.5) is 0 Å². The van der Waals surface area contributed by atoms with Crippen LogP contribution in [0.3, 0.4) is 0 Å². The molecule has 8 heteroatoms. The second-order valence-corrected chi connectivity index (χ2v) is 9.53. The molecule has 8 nitrogen and oxygen atoms in total. The first-order valence-electron chi connectivity index (χ1n) is 12.6. The van der Waals surface area contributed by atoms with Gasteiger partial charge in [-0.3, -0.25) is 4.79 Å². The van der Waals surface area contributed by atoms with Gasteiger partial charge in [0.05, 0.1) is 23.1 Å². The highest BCUT2D eigenvalue weighted by Crippen LogP contribution is 2.36. The fourth-order valence-corrected chi connectivity index (χ4v) is 4.27. The van der Waals surface area contributed by atoms with E-state index in [9.17, 15) is 15.0 Å². The van der Waals surface area contributed by atoms with Crippen LogP contribution < -0.4 is 10.1 Å². The van der Waals surface area contributed by atoms with Gasteiger partial charge in [-0.05, 0) is 36.8 Å². The summed E-state index contributed by atoms with van der Waals surface area (Å²) in [5, 5.41) is 29.1. The Hall–Kier alpha value is -4.30. The number of hydrogen-bond donors (Lipinski definition) is 3. The maximum Gasteiger partial charge on any atom is 0.257 e. The predicted molar refractivity (Wildman–Crippen MR) is 148 cm³/mol. The zero-order chi connectivity index (χ0) is 27.2. The highest BCUT2D eigenvalue weighted by Gasteiger charge is 2.22. The van der Waals surface area contributed by atoms with E-state index in [4.69, 9.17) is 4.74 Å². The zero-order valence-corrected chi connectivity index (χ0v) is 22.2. The van der Waals surface area contributed by atoms with E-state index >= 15 is 0 Å². The van der Waals surface area contributed by atoms with Crippen molar-refractivity contribution in [1.29, 1.82) is 0 Å². The molecule has 3 N–H and O–H groups in total. The maximum atomic E-state index is 13.5. The van der Waals surface area contributed by atoms with E-state index in [2.05, 4.69) is 24.3 Å². The molecule has 0 saturated carbocycles. The number of phenolic OH excluding ortho intramolecular Hbond substituents is 2. The van der Waals surface area contributed by atoms with Crippen LogP contribution in [0.5, 0.6) is 17.2 Å². The average Bonchev–Trinajstić information content (AvgIpc) is 3.36. The van der Waals surface area contributed by atoms with E-state index in [0.717, 1.165) is 16.8 Å². The Labute approximate surface area is 223 Å². The molecule has 0 bridgehead atoms. The lowest BCUT2D eigenvalue weighted by Gasteiger charge is -2.21. The topological polar surface area (TPSA) is 99.9 Å². The summed E-state index contributed by atoms with van der Waals surface area (Å²) < 4.78 is 7.66. The number of para-hydroxylation sites is 2. The van der Waals surface area contributed by atoms with Crippen molar-refractivity contribution in [1.82, 2.24) is 20.0 Å². The minimum Gasteiger partial charge on any atom is -0.507 e. The lowest BCUT2D eigenvalue weighted by Crippen LogP contribution is -2.28. The van der Waals surface area contributed by atoms with E-state index in [0.29, 0.717) is 36.2 Å². The number of aryl methyl sites for hydroxylation is 1. The summed E-state index contributed by atoms with van der Waals surface area (Å²) in [6, 6.07) is 20.2. The van der Waals surface area contributed by atoms with Gasteiger partial charge in [-0.1, -0.05) is 50.2 Å². The van der Waals surface area contributed by atoms with Crippen molar-refractivity contribution in [3.8, 4) is 34.2 Å². The molecule has 4 aromatic rings. The van der Waals surface area contributed by atoms with E-state index in [1.165, 1.54) is 17.0 Å². The Morgan fingerprint density at radius 1 is 1.05 bits per heavy atom. The number of benzene rings is 3. The van der Waals surface area contributed by atoms with Gasteiger partial charge in [0.15, 0.2) is 0 Å². The SMILES string of the molecule is Cc1ccccc1-n1nccc1-c1cc(C(=O)N(C)Cc2ccccc2OCCNC(C)C)c(O)cc1O. The highest BCUT2D eigenvalue weighted by molar-refractivity contribution is 5.98. The monoisotopic (exact) mass is 514 g/mol. The summed E-state index contributed by atoms with van der Waals surface area (Å²) >= 11 is 0. The van der Waals surface area contributed by atoms with E-state index in [1.807, 2.05) is 55.5 Å². The van der Waals surface area contributed by atoms with Crippen LogP contribution in [0, 0.1) is 6.92 Å². The van der Waals surface area contributed by atoms with Crippen LogP contribution in [-0.2, 0) is 6.54 Å². The number of aromatic hydroxyl groups is 2. The van der Waals surface area contributed by atoms with E-state index in [-0.39, 0.29) is 29.5 Å². The lowest BCUT2D eigenvalue weighted by molar-refractivity contribution is 0.0781. The summed E-state index contributed by atoms with van der Waals surface area (Å²) in [7, 11) is 1.67. The Balaban J connectivity index is 1.58. The van der Waals surface area contributed by atoms with Crippen LogP contribution in [0.2, 0.25) is 0 Å². The number of phenols is 2. The number of hydrogen-bond acceptors (Lipinski definition) is 6. The molecule has 0 aliphatic rings. The molecule has 1 heterocycles. The van der Waals surface area contributed by atoms with Crippen LogP contribution in [0.25, 0.3) is 16.9 Å². The molecule has 0 fully saturated rings. The van der Waals surface area contributed by atoms with Crippen molar-refractivity contribution in [3.05, 3.63) is 89.6 Å². The van der Waals surface area contributed by atoms with Gasteiger partial charge < -0.3 is 25.2 Å². The molecule has 3 aromatic carbocycles. The van der Waals surface area contributed by atoms with Crippen LogP contribution in [0.1, 0.15) is 35.3 Å². The van der Waals surface area contributed by atoms with Crippen LogP contribution >= 0.6 is 0 Å². The van der Waals surface area contributed by atoms with E-state index < -0.39 is 0 Å². The fourth-order valence-electron chi connectivity index (χ4n) is 4.27. The summed E-state index contributed by atoms with van der Waals surface area (Å²) in [6.45, 7) is 7.63. The lowest BCUT2D eigenvalue weighted by atomic mass is 10.0. The molecule has 0 aliphatic heterocycles. The number of nitrogens with zero attached hydrogens (tertiary/aromatic N) is 3. The third kappa shape index (κ3) is 5.98. The highest BCUT2D eigenvalue weighted by atomic mass is 16.5. The Morgan fingerprint density at radius 2 is 1.79 bits per heavy atom. The van der Waals surface area contributed by atoms with Gasteiger partial charge in [-0.2, -0.15) is 5.10 Å². The summed E-state index contributed by atoms with van der Waals surface area (Å²) in [4.78, 5) is 15.0. The Bertz CT molecular complexity index is 1410. The number of aromatic nitrogens is 2. The van der Waals surface area contributed by atoms with Gasteiger partial charge in [-0.15, -0.1) is 0 Å². The maximum absolute atomic E-state index is 13.5. The second-order valence-electron chi connectivity index (χ2n) is 9.53. The van der Waals surface area contributed by atoms with Gasteiger partial charge in [0.25, 0.3) is 5.91 Å². The van der Waals surface area contributed by atoms with Crippen molar-refractivity contribution < 1.29 is 19.7 Å². The third-order valence-corrected chi connectivity index (χ3v) is 6.25. The quantitative estimate of drug-likeness (QED) is 0.260. The average molecular weight is 515 g/mol. The van der Waals surface area contributed by atoms with Gasteiger partial charge >= 0.3 is 0 Å². The molecule has 0 radical (unpaired) electrons. The number of carbonyl (C=O) groups is 1. The van der Waals surface area contributed by atoms with Crippen molar-refractivity contribution in [2.75, 3.05) is 20.2 Å². The molecule has 0 aliphatic carbocycles. The van der Waals surface area contributed by atoms with Crippen LogP contribution in [-0.4, -0.2) is 57.0 Å². The molecule has 4 rings (SSSR count). The van der Waals surface area contributed by atoms with Gasteiger partial charge in [0.1, 0.15) is 23.9 Å². The molecular formula is C30H34N4O4. The largest absolute Gasteiger partial charge is 0.507 e. The van der Waals surface area contributed by atoms with Crippen molar-refractivity contribution in [3.63, 3.8) is 0 Å². The summed E-state index contributed by atoms with van der Waals surface area (Å²) in [6.07, 6.45) is 1.63. The minimum absolute atomic E-state index is 0.0809. The first kappa shape index (κ1) is 26.8. The minimum atomic E-state index is -0.387. The summed E-state index contributed by atoms with van der Waals surface area (Å²) in [5.41, 5.74) is 3.78. The van der Waals surface area contributed by atoms with Gasteiger partial charge in [0.2, 0.25) is 0 Å². The normalized spacial score (nSPS) is 11.1. The smallest absolute Gasteiger partial charge is 0.257 e.